The molecule has 2 nitrogen and oxygen atoms in total. The minimum absolute atomic E-state index is 0.315. The second-order valence-electron chi connectivity index (χ2n) is 4.19. The van der Waals surface area contributed by atoms with Gasteiger partial charge in [-0.3, -0.25) is 4.98 Å². The maximum atomic E-state index is 14.2. The highest BCUT2D eigenvalue weighted by Crippen LogP contribution is 2.44. The SMILES string of the molecule is CCOc1c(F)c(F)c(-c2cccnc2)c(F)c1C(F)(F)F. The summed E-state index contributed by atoms with van der Waals surface area (Å²) in [5, 5.41) is 0. The summed E-state index contributed by atoms with van der Waals surface area (Å²) in [5.41, 5.74) is -3.43. The van der Waals surface area contributed by atoms with Crippen LogP contribution in [0, 0.1) is 17.5 Å². The minimum Gasteiger partial charge on any atom is -0.490 e. The van der Waals surface area contributed by atoms with Crippen LogP contribution in [0.25, 0.3) is 11.1 Å². The molecule has 1 heterocycles. The van der Waals surface area contributed by atoms with Crippen LogP contribution < -0.4 is 4.74 Å². The molecule has 1 aromatic carbocycles. The van der Waals surface area contributed by atoms with Gasteiger partial charge in [0, 0.05) is 18.0 Å². The zero-order valence-corrected chi connectivity index (χ0v) is 11.1. The Bertz CT molecular complexity index is 684. The van der Waals surface area contributed by atoms with Crippen molar-refractivity contribution in [1.82, 2.24) is 4.98 Å². The standard InChI is InChI=1S/C14H9F6NO/c1-2-22-13-9(14(18,19)20)10(15)8(11(16)12(13)17)7-4-3-5-21-6-7/h3-6H,2H2,1H3. The van der Waals surface area contributed by atoms with Crippen LogP contribution in [0.15, 0.2) is 24.5 Å². The van der Waals surface area contributed by atoms with Crippen molar-refractivity contribution in [2.45, 2.75) is 13.1 Å². The van der Waals surface area contributed by atoms with Crippen molar-refractivity contribution in [3.8, 4) is 16.9 Å². The molecule has 8 heteroatoms. The molecule has 22 heavy (non-hydrogen) atoms. The van der Waals surface area contributed by atoms with Gasteiger partial charge < -0.3 is 4.74 Å². The van der Waals surface area contributed by atoms with E-state index in [0.29, 0.717) is 0 Å². The van der Waals surface area contributed by atoms with Gasteiger partial charge >= 0.3 is 6.18 Å². The Morgan fingerprint density at radius 1 is 1.09 bits per heavy atom. The van der Waals surface area contributed by atoms with E-state index >= 15 is 0 Å². The maximum absolute atomic E-state index is 14.2. The van der Waals surface area contributed by atoms with E-state index in [1.807, 2.05) is 0 Å². The number of ether oxygens (including phenoxy) is 1. The van der Waals surface area contributed by atoms with Gasteiger partial charge in [0.1, 0.15) is 11.4 Å². The molecule has 118 valence electrons. The Balaban J connectivity index is 2.86. The first-order valence-corrected chi connectivity index (χ1v) is 6.09. The van der Waals surface area contributed by atoms with E-state index in [9.17, 15) is 26.3 Å². The van der Waals surface area contributed by atoms with Gasteiger partial charge in [0.15, 0.2) is 11.6 Å². The Morgan fingerprint density at radius 3 is 2.27 bits per heavy atom. The average Bonchev–Trinajstić information content (AvgIpc) is 2.44. The number of alkyl halides is 3. The van der Waals surface area contributed by atoms with Crippen molar-refractivity contribution in [2.75, 3.05) is 6.61 Å². The van der Waals surface area contributed by atoms with Crippen molar-refractivity contribution in [2.24, 2.45) is 0 Å². The summed E-state index contributed by atoms with van der Waals surface area (Å²) in [7, 11) is 0. The number of hydrogen-bond acceptors (Lipinski definition) is 2. The second kappa shape index (κ2) is 5.86. The zero-order chi connectivity index (χ0) is 16.5. The smallest absolute Gasteiger partial charge is 0.422 e. The van der Waals surface area contributed by atoms with Crippen LogP contribution in [-0.4, -0.2) is 11.6 Å². The van der Waals surface area contributed by atoms with Crippen molar-refractivity contribution in [1.29, 1.82) is 0 Å². The first-order chi connectivity index (χ1) is 10.3. The molecule has 0 amide bonds. The molecule has 2 rings (SSSR count). The van der Waals surface area contributed by atoms with Gasteiger partial charge in [0.05, 0.1) is 12.2 Å². The van der Waals surface area contributed by atoms with Crippen LogP contribution in [0.3, 0.4) is 0 Å². The molecule has 0 aliphatic carbocycles. The molecule has 1 aromatic heterocycles. The highest BCUT2D eigenvalue weighted by Gasteiger charge is 2.42. The summed E-state index contributed by atoms with van der Waals surface area (Å²) in [6.45, 7) is 0.884. The number of pyridine rings is 1. The lowest BCUT2D eigenvalue weighted by Crippen LogP contribution is -2.15. The molecular weight excluding hydrogens is 312 g/mol. The van der Waals surface area contributed by atoms with Crippen LogP contribution in [0.4, 0.5) is 26.3 Å². The minimum atomic E-state index is -5.25. The molecule has 0 aliphatic heterocycles. The molecule has 2 aromatic rings. The molecule has 0 saturated heterocycles. The van der Waals surface area contributed by atoms with E-state index in [1.54, 1.807) is 0 Å². The summed E-state index contributed by atoms with van der Waals surface area (Å²) in [6, 6.07) is 2.38. The number of hydrogen-bond donors (Lipinski definition) is 0. The lowest BCUT2D eigenvalue weighted by atomic mass is 10.0. The Hall–Kier alpha value is -2.25. The van der Waals surface area contributed by atoms with Gasteiger partial charge in [-0.05, 0) is 13.0 Å². The van der Waals surface area contributed by atoms with E-state index < -0.39 is 40.5 Å². The highest BCUT2D eigenvalue weighted by molar-refractivity contribution is 5.67. The first kappa shape index (κ1) is 16.1. The number of nitrogens with zero attached hydrogens (tertiary/aromatic N) is 1. The lowest BCUT2D eigenvalue weighted by molar-refractivity contribution is -0.141. The fraction of sp³-hybridized carbons (Fsp3) is 0.214. The van der Waals surface area contributed by atoms with E-state index in [2.05, 4.69) is 9.72 Å². The highest BCUT2D eigenvalue weighted by atomic mass is 19.4. The lowest BCUT2D eigenvalue weighted by Gasteiger charge is -2.18. The summed E-state index contributed by atoms with van der Waals surface area (Å²) < 4.78 is 85.7. The molecule has 0 fully saturated rings. The molecule has 0 saturated carbocycles. The van der Waals surface area contributed by atoms with Gasteiger partial charge in [-0.15, -0.1) is 0 Å². The third-order valence-electron chi connectivity index (χ3n) is 2.80. The number of halogens is 6. The van der Waals surface area contributed by atoms with E-state index in [4.69, 9.17) is 0 Å². The van der Waals surface area contributed by atoms with Gasteiger partial charge in [0.2, 0.25) is 5.82 Å². The number of benzene rings is 1. The predicted molar refractivity (Wildman–Crippen MR) is 65.7 cm³/mol. The van der Waals surface area contributed by atoms with Gasteiger partial charge in [-0.25, -0.2) is 8.78 Å². The summed E-state index contributed by atoms with van der Waals surface area (Å²) >= 11 is 0. The normalized spacial score (nSPS) is 11.6. The third kappa shape index (κ3) is 2.72. The topological polar surface area (TPSA) is 22.1 Å². The fourth-order valence-corrected chi connectivity index (χ4v) is 1.94. The van der Waals surface area contributed by atoms with Crippen LogP contribution in [0.2, 0.25) is 0 Å². The summed E-state index contributed by atoms with van der Waals surface area (Å²) in [4.78, 5) is 3.56. The molecule has 0 N–H and O–H groups in total. The number of aromatic nitrogens is 1. The monoisotopic (exact) mass is 321 g/mol. The van der Waals surface area contributed by atoms with Crippen LogP contribution in [0.5, 0.6) is 5.75 Å². The summed E-state index contributed by atoms with van der Waals surface area (Å²) in [6.07, 6.45) is -3.06. The van der Waals surface area contributed by atoms with Gasteiger partial charge in [-0.2, -0.15) is 17.6 Å². The Kier molecular flexibility index (Phi) is 4.30. The predicted octanol–water partition coefficient (Wildman–Crippen LogP) is 4.58. The summed E-state index contributed by atoms with van der Waals surface area (Å²) in [5.74, 6) is -7.09. The molecule has 0 bridgehead atoms. The van der Waals surface area contributed by atoms with Crippen molar-refractivity contribution >= 4 is 0 Å². The van der Waals surface area contributed by atoms with Gasteiger partial charge in [-0.1, -0.05) is 6.07 Å². The van der Waals surface area contributed by atoms with Crippen molar-refractivity contribution < 1.29 is 31.1 Å². The molecule has 0 radical (unpaired) electrons. The number of rotatable bonds is 3. The molecule has 0 atom stereocenters. The van der Waals surface area contributed by atoms with Crippen LogP contribution in [-0.2, 0) is 6.18 Å². The van der Waals surface area contributed by atoms with E-state index in [-0.39, 0.29) is 12.2 Å². The van der Waals surface area contributed by atoms with E-state index in [0.717, 1.165) is 12.3 Å². The zero-order valence-electron chi connectivity index (χ0n) is 11.1. The average molecular weight is 321 g/mol. The largest absolute Gasteiger partial charge is 0.490 e. The molecule has 0 unspecified atom stereocenters. The fourth-order valence-electron chi connectivity index (χ4n) is 1.94. The second-order valence-corrected chi connectivity index (χ2v) is 4.19. The van der Waals surface area contributed by atoms with Crippen LogP contribution in [0.1, 0.15) is 12.5 Å². The first-order valence-electron chi connectivity index (χ1n) is 6.09. The van der Waals surface area contributed by atoms with E-state index in [1.165, 1.54) is 19.2 Å². The molecule has 0 aliphatic rings. The van der Waals surface area contributed by atoms with Crippen LogP contribution >= 0.6 is 0 Å². The molecular formula is C14H9F6NO. The van der Waals surface area contributed by atoms with Crippen molar-refractivity contribution in [3.05, 3.63) is 47.5 Å². The Labute approximate surface area is 121 Å². The quantitative estimate of drug-likeness (QED) is 0.610. The molecule has 0 spiro atoms. The van der Waals surface area contributed by atoms with Crippen molar-refractivity contribution in [3.63, 3.8) is 0 Å². The third-order valence-corrected chi connectivity index (χ3v) is 2.80. The van der Waals surface area contributed by atoms with Gasteiger partial charge in [0.25, 0.3) is 0 Å². The maximum Gasteiger partial charge on any atom is 0.422 e. The Morgan fingerprint density at radius 2 is 1.77 bits per heavy atom.